The number of amides is 1. The normalized spacial score (nSPS) is 18.6. The lowest BCUT2D eigenvalue weighted by atomic mass is 10.1. The van der Waals surface area contributed by atoms with Gasteiger partial charge in [-0.2, -0.15) is 0 Å². The Morgan fingerprint density at radius 1 is 1.50 bits per heavy atom. The lowest BCUT2D eigenvalue weighted by molar-refractivity contribution is -0.122. The molecule has 0 bridgehead atoms. The maximum Gasteiger partial charge on any atom is 0.222 e. The van der Waals surface area contributed by atoms with Crippen molar-refractivity contribution in [1.82, 2.24) is 10.6 Å². The molecule has 0 spiro atoms. The van der Waals surface area contributed by atoms with Crippen molar-refractivity contribution in [3.63, 3.8) is 0 Å². The second kappa shape index (κ2) is 9.30. The van der Waals surface area contributed by atoms with Crippen LogP contribution in [0.5, 0.6) is 0 Å². The molecule has 1 rings (SSSR count). The SMILES string of the molecule is CC(O)CCCNC(=O)CCOC1CCNCC1. The highest BCUT2D eigenvalue weighted by atomic mass is 16.5. The lowest BCUT2D eigenvalue weighted by Gasteiger charge is -2.22. The predicted octanol–water partition coefficient (Wildman–Crippen LogP) is 0.422. The minimum absolute atomic E-state index is 0.0366. The van der Waals surface area contributed by atoms with Gasteiger partial charge >= 0.3 is 0 Å². The van der Waals surface area contributed by atoms with Crippen LogP contribution in [-0.2, 0) is 9.53 Å². The number of rotatable bonds is 8. The third-order valence-corrected chi connectivity index (χ3v) is 3.09. The van der Waals surface area contributed by atoms with E-state index in [9.17, 15) is 4.79 Å². The number of hydrogen-bond donors (Lipinski definition) is 3. The molecule has 0 aromatic rings. The molecule has 0 saturated carbocycles. The van der Waals surface area contributed by atoms with Crippen molar-refractivity contribution in [2.45, 2.75) is 51.2 Å². The standard InChI is InChI=1S/C13H26N2O3/c1-11(16)3-2-7-15-13(17)6-10-18-12-4-8-14-9-5-12/h11-12,14,16H,2-10H2,1H3,(H,15,17). The van der Waals surface area contributed by atoms with Crippen LogP contribution in [0.4, 0.5) is 0 Å². The number of hydrogen-bond acceptors (Lipinski definition) is 4. The van der Waals surface area contributed by atoms with Crippen molar-refractivity contribution < 1.29 is 14.6 Å². The Balaban J connectivity index is 1.92. The summed E-state index contributed by atoms with van der Waals surface area (Å²) >= 11 is 0. The number of carbonyl (C=O) groups is 1. The second-order valence-corrected chi connectivity index (χ2v) is 4.91. The number of ether oxygens (including phenoxy) is 1. The Labute approximate surface area is 109 Å². The lowest BCUT2D eigenvalue weighted by Crippen LogP contribution is -2.33. The average molecular weight is 258 g/mol. The molecule has 0 aliphatic carbocycles. The van der Waals surface area contributed by atoms with Gasteiger partial charge in [-0.1, -0.05) is 0 Å². The molecule has 1 amide bonds. The molecule has 1 fully saturated rings. The molecule has 0 aromatic heterocycles. The maximum absolute atomic E-state index is 11.5. The molecule has 5 nitrogen and oxygen atoms in total. The number of carbonyl (C=O) groups excluding carboxylic acids is 1. The summed E-state index contributed by atoms with van der Waals surface area (Å²) in [6.45, 7) is 4.92. The molecule has 0 aromatic carbocycles. The molecule has 106 valence electrons. The zero-order valence-corrected chi connectivity index (χ0v) is 11.3. The van der Waals surface area contributed by atoms with E-state index in [-0.39, 0.29) is 12.0 Å². The zero-order valence-electron chi connectivity index (χ0n) is 11.3. The Kier molecular flexibility index (Phi) is 7.96. The average Bonchev–Trinajstić information content (AvgIpc) is 2.36. The Morgan fingerprint density at radius 2 is 2.22 bits per heavy atom. The van der Waals surface area contributed by atoms with E-state index in [0.717, 1.165) is 38.8 Å². The summed E-state index contributed by atoms with van der Waals surface area (Å²) in [6, 6.07) is 0. The number of nitrogens with one attached hydrogen (secondary N) is 2. The molecule has 1 saturated heterocycles. The first kappa shape index (κ1) is 15.4. The summed E-state index contributed by atoms with van der Waals surface area (Å²) in [7, 11) is 0. The smallest absolute Gasteiger partial charge is 0.222 e. The largest absolute Gasteiger partial charge is 0.393 e. The number of aliphatic hydroxyl groups excluding tert-OH is 1. The highest BCUT2D eigenvalue weighted by molar-refractivity contribution is 5.75. The van der Waals surface area contributed by atoms with Crippen LogP contribution in [-0.4, -0.2) is 49.5 Å². The minimum atomic E-state index is -0.287. The van der Waals surface area contributed by atoms with E-state index in [1.165, 1.54) is 0 Å². The van der Waals surface area contributed by atoms with E-state index < -0.39 is 0 Å². The maximum atomic E-state index is 11.5. The van der Waals surface area contributed by atoms with E-state index in [1.807, 2.05) is 0 Å². The molecule has 0 radical (unpaired) electrons. The second-order valence-electron chi connectivity index (χ2n) is 4.91. The molecule has 1 aliphatic heterocycles. The van der Waals surface area contributed by atoms with Gasteiger partial charge in [-0.15, -0.1) is 0 Å². The van der Waals surface area contributed by atoms with Gasteiger partial charge in [0.1, 0.15) is 0 Å². The van der Waals surface area contributed by atoms with Gasteiger partial charge in [0, 0.05) is 13.0 Å². The van der Waals surface area contributed by atoms with Crippen LogP contribution in [0.1, 0.15) is 39.0 Å². The quantitative estimate of drug-likeness (QED) is 0.552. The summed E-state index contributed by atoms with van der Waals surface area (Å²) in [5, 5.41) is 15.2. The van der Waals surface area contributed by atoms with E-state index in [2.05, 4.69) is 10.6 Å². The predicted molar refractivity (Wildman–Crippen MR) is 70.4 cm³/mol. The Hall–Kier alpha value is -0.650. The third kappa shape index (κ3) is 7.63. The van der Waals surface area contributed by atoms with Gasteiger partial charge in [-0.25, -0.2) is 0 Å². The van der Waals surface area contributed by atoms with Crippen molar-refractivity contribution in [2.24, 2.45) is 0 Å². The van der Waals surface area contributed by atoms with Gasteiger partial charge in [-0.05, 0) is 45.7 Å². The molecule has 18 heavy (non-hydrogen) atoms. The molecule has 1 unspecified atom stereocenters. The first-order valence-electron chi connectivity index (χ1n) is 6.95. The highest BCUT2D eigenvalue weighted by Gasteiger charge is 2.13. The van der Waals surface area contributed by atoms with E-state index in [1.54, 1.807) is 6.92 Å². The fourth-order valence-electron chi connectivity index (χ4n) is 1.99. The van der Waals surface area contributed by atoms with Crippen molar-refractivity contribution in [2.75, 3.05) is 26.2 Å². The van der Waals surface area contributed by atoms with E-state index in [0.29, 0.717) is 25.7 Å². The van der Waals surface area contributed by atoms with Gasteiger partial charge in [-0.3, -0.25) is 4.79 Å². The van der Waals surface area contributed by atoms with Gasteiger partial charge in [0.25, 0.3) is 0 Å². The summed E-state index contributed by atoms with van der Waals surface area (Å²) < 4.78 is 5.66. The minimum Gasteiger partial charge on any atom is -0.393 e. The van der Waals surface area contributed by atoms with Crippen molar-refractivity contribution in [1.29, 1.82) is 0 Å². The van der Waals surface area contributed by atoms with Crippen LogP contribution in [0.3, 0.4) is 0 Å². The monoisotopic (exact) mass is 258 g/mol. The van der Waals surface area contributed by atoms with Gasteiger partial charge < -0.3 is 20.5 Å². The molecular weight excluding hydrogens is 232 g/mol. The van der Waals surface area contributed by atoms with Crippen molar-refractivity contribution >= 4 is 5.91 Å². The van der Waals surface area contributed by atoms with Gasteiger partial charge in [0.2, 0.25) is 5.91 Å². The van der Waals surface area contributed by atoms with E-state index in [4.69, 9.17) is 9.84 Å². The molecule has 1 heterocycles. The summed E-state index contributed by atoms with van der Waals surface area (Å²) in [6.07, 6.45) is 4.08. The number of aliphatic hydroxyl groups is 1. The highest BCUT2D eigenvalue weighted by Crippen LogP contribution is 2.07. The van der Waals surface area contributed by atoms with Crippen LogP contribution in [0.15, 0.2) is 0 Å². The molecule has 3 N–H and O–H groups in total. The first-order valence-corrected chi connectivity index (χ1v) is 6.95. The molecule has 1 aliphatic rings. The summed E-state index contributed by atoms with van der Waals surface area (Å²) in [5.41, 5.74) is 0. The Bertz CT molecular complexity index is 228. The number of piperidine rings is 1. The molecule has 1 atom stereocenters. The Morgan fingerprint density at radius 3 is 2.89 bits per heavy atom. The van der Waals surface area contributed by atoms with Crippen molar-refractivity contribution in [3.05, 3.63) is 0 Å². The van der Waals surface area contributed by atoms with Crippen LogP contribution in [0.25, 0.3) is 0 Å². The van der Waals surface area contributed by atoms with Gasteiger partial charge in [0.15, 0.2) is 0 Å². The van der Waals surface area contributed by atoms with Gasteiger partial charge in [0.05, 0.1) is 18.8 Å². The topological polar surface area (TPSA) is 70.6 Å². The summed E-state index contributed by atoms with van der Waals surface area (Å²) in [4.78, 5) is 11.5. The molecule has 5 heteroatoms. The van der Waals surface area contributed by atoms with Crippen LogP contribution in [0.2, 0.25) is 0 Å². The summed E-state index contributed by atoms with van der Waals surface area (Å²) in [5.74, 6) is 0.0366. The fourth-order valence-corrected chi connectivity index (χ4v) is 1.99. The van der Waals surface area contributed by atoms with Crippen LogP contribution in [0, 0.1) is 0 Å². The van der Waals surface area contributed by atoms with Crippen LogP contribution < -0.4 is 10.6 Å². The fraction of sp³-hybridized carbons (Fsp3) is 0.923. The van der Waals surface area contributed by atoms with Crippen molar-refractivity contribution in [3.8, 4) is 0 Å². The molecular formula is C13H26N2O3. The van der Waals surface area contributed by atoms with Crippen LogP contribution >= 0.6 is 0 Å². The van der Waals surface area contributed by atoms with E-state index >= 15 is 0 Å². The zero-order chi connectivity index (χ0) is 13.2. The first-order chi connectivity index (χ1) is 8.68. The third-order valence-electron chi connectivity index (χ3n) is 3.09.